The fourth-order valence-electron chi connectivity index (χ4n) is 3.02. The number of para-hydroxylation sites is 2. The molecule has 4 rings (SSSR count). The Morgan fingerprint density at radius 3 is 2.07 bits per heavy atom. The molecular weight excluding hydrogens is 364 g/mol. The molecule has 0 aromatic heterocycles. The maximum Gasteiger partial charge on any atom is 0.128 e. The van der Waals surface area contributed by atoms with Crippen molar-refractivity contribution in [2.45, 2.75) is 0 Å². The van der Waals surface area contributed by atoms with Gasteiger partial charge >= 0.3 is 0 Å². The summed E-state index contributed by atoms with van der Waals surface area (Å²) in [6, 6.07) is 23.0. The molecule has 0 aliphatic rings. The van der Waals surface area contributed by atoms with Crippen LogP contribution in [0, 0.1) is 0 Å². The minimum atomic E-state index is -0.0598. The van der Waals surface area contributed by atoms with Crippen molar-refractivity contribution in [1.29, 1.82) is 0 Å². The van der Waals surface area contributed by atoms with Gasteiger partial charge < -0.3 is 15.3 Å². The van der Waals surface area contributed by atoms with Gasteiger partial charge in [0.05, 0.1) is 11.4 Å². The first-order valence-electron chi connectivity index (χ1n) is 9.02. The van der Waals surface area contributed by atoms with Crippen LogP contribution in [0.5, 0.6) is 17.2 Å². The maximum absolute atomic E-state index is 10.3. The second-order valence-electron chi connectivity index (χ2n) is 6.47. The molecule has 4 aromatic rings. The van der Waals surface area contributed by atoms with Gasteiger partial charge in [-0.05, 0) is 41.1 Å². The molecule has 0 atom stereocenters. The highest BCUT2D eigenvalue weighted by atomic mass is 16.3. The molecule has 0 radical (unpaired) electrons. The van der Waals surface area contributed by atoms with E-state index in [-0.39, 0.29) is 17.2 Å². The predicted molar refractivity (Wildman–Crippen MR) is 116 cm³/mol. The normalized spacial score (nSPS) is 11.6. The average Bonchev–Trinajstić information content (AvgIpc) is 2.73. The summed E-state index contributed by atoms with van der Waals surface area (Å²) < 4.78 is 0. The lowest BCUT2D eigenvalue weighted by atomic mass is 10.0. The van der Waals surface area contributed by atoms with Crippen LogP contribution in [0.4, 0.5) is 11.4 Å². The Hall–Kier alpha value is -4.12. The van der Waals surface area contributed by atoms with E-state index in [2.05, 4.69) is 9.98 Å². The van der Waals surface area contributed by atoms with E-state index in [1.165, 1.54) is 18.3 Å². The van der Waals surface area contributed by atoms with Crippen LogP contribution in [-0.2, 0) is 0 Å². The first-order chi connectivity index (χ1) is 14.1. The minimum absolute atomic E-state index is 0.0143. The quantitative estimate of drug-likeness (QED) is 0.410. The van der Waals surface area contributed by atoms with Crippen LogP contribution in [0.15, 0.2) is 88.8 Å². The Labute approximate surface area is 167 Å². The largest absolute Gasteiger partial charge is 0.508 e. The van der Waals surface area contributed by atoms with E-state index in [0.717, 1.165) is 10.8 Å². The van der Waals surface area contributed by atoms with E-state index in [9.17, 15) is 15.3 Å². The van der Waals surface area contributed by atoms with Gasteiger partial charge in [-0.3, -0.25) is 9.98 Å². The Morgan fingerprint density at radius 1 is 0.621 bits per heavy atom. The molecule has 0 amide bonds. The molecule has 0 fully saturated rings. The number of phenolic OH excluding ortho intramolecular Hbond substituents is 3. The van der Waals surface area contributed by atoms with Gasteiger partial charge in [0, 0.05) is 29.6 Å². The Morgan fingerprint density at radius 2 is 1.31 bits per heavy atom. The van der Waals surface area contributed by atoms with E-state index >= 15 is 0 Å². The summed E-state index contributed by atoms with van der Waals surface area (Å²) in [5, 5.41) is 31.5. The van der Waals surface area contributed by atoms with Crippen LogP contribution in [-0.4, -0.2) is 27.7 Å². The maximum atomic E-state index is 10.3. The van der Waals surface area contributed by atoms with Gasteiger partial charge in [0.1, 0.15) is 17.2 Å². The highest BCUT2D eigenvalue weighted by Crippen LogP contribution is 2.30. The molecule has 0 heterocycles. The molecule has 29 heavy (non-hydrogen) atoms. The number of nitrogens with zero attached hydrogens (tertiary/aromatic N) is 2. The lowest BCUT2D eigenvalue weighted by Gasteiger charge is -2.05. The summed E-state index contributed by atoms with van der Waals surface area (Å²) >= 11 is 0. The van der Waals surface area contributed by atoms with Crippen LogP contribution in [0.1, 0.15) is 11.1 Å². The second kappa shape index (κ2) is 7.86. The summed E-state index contributed by atoms with van der Waals surface area (Å²) in [4.78, 5) is 8.96. The van der Waals surface area contributed by atoms with Gasteiger partial charge in [-0.25, -0.2) is 0 Å². The topological polar surface area (TPSA) is 85.4 Å². The predicted octanol–water partition coefficient (Wildman–Crippen LogP) is 5.46. The van der Waals surface area contributed by atoms with Crippen molar-refractivity contribution in [1.82, 2.24) is 0 Å². The van der Waals surface area contributed by atoms with Gasteiger partial charge in [-0.15, -0.1) is 0 Å². The van der Waals surface area contributed by atoms with E-state index in [1.54, 1.807) is 18.3 Å². The fourth-order valence-corrected chi connectivity index (χ4v) is 3.02. The minimum Gasteiger partial charge on any atom is -0.508 e. The molecular formula is C24H18N2O3. The zero-order valence-corrected chi connectivity index (χ0v) is 15.4. The zero-order valence-electron chi connectivity index (χ0n) is 15.4. The Kier molecular flexibility index (Phi) is 4.95. The molecule has 0 saturated carbocycles. The number of benzene rings is 4. The monoisotopic (exact) mass is 382 g/mol. The number of aromatic hydroxyl groups is 3. The molecule has 0 saturated heterocycles. The van der Waals surface area contributed by atoms with Crippen LogP contribution in [0.2, 0.25) is 0 Å². The Balaban J connectivity index is 1.69. The van der Waals surface area contributed by atoms with Gasteiger partial charge in [0.2, 0.25) is 0 Å². The van der Waals surface area contributed by atoms with Crippen molar-refractivity contribution >= 4 is 34.6 Å². The summed E-state index contributed by atoms with van der Waals surface area (Å²) in [6.07, 6.45) is 3.14. The third-order valence-electron chi connectivity index (χ3n) is 4.52. The van der Waals surface area contributed by atoms with Crippen LogP contribution in [0.3, 0.4) is 0 Å². The molecule has 4 aromatic carbocycles. The smallest absolute Gasteiger partial charge is 0.128 e. The highest BCUT2D eigenvalue weighted by molar-refractivity contribution is 6.03. The summed E-state index contributed by atoms with van der Waals surface area (Å²) in [5.74, 6) is 0.0809. The van der Waals surface area contributed by atoms with Gasteiger partial charge in [-0.2, -0.15) is 0 Å². The summed E-state index contributed by atoms with van der Waals surface area (Å²) in [7, 11) is 0. The lowest BCUT2D eigenvalue weighted by Crippen LogP contribution is -1.86. The Bertz CT molecular complexity index is 1250. The van der Waals surface area contributed by atoms with Crippen LogP contribution in [0.25, 0.3) is 10.8 Å². The SMILES string of the molecule is Oc1ccc(C=Nc2ccccc2N=Cc2c(O)ccc3ccccc23)c(O)c1. The van der Waals surface area contributed by atoms with Gasteiger partial charge in [0.25, 0.3) is 0 Å². The highest BCUT2D eigenvalue weighted by Gasteiger charge is 2.05. The third kappa shape index (κ3) is 3.94. The zero-order chi connectivity index (χ0) is 20.2. The van der Waals surface area contributed by atoms with Crippen molar-refractivity contribution < 1.29 is 15.3 Å². The number of phenols is 3. The number of hydrogen-bond acceptors (Lipinski definition) is 5. The molecule has 0 aliphatic carbocycles. The van der Waals surface area contributed by atoms with E-state index in [0.29, 0.717) is 22.5 Å². The molecule has 0 bridgehead atoms. The van der Waals surface area contributed by atoms with E-state index in [4.69, 9.17) is 0 Å². The summed E-state index contributed by atoms with van der Waals surface area (Å²) in [6.45, 7) is 0. The molecule has 142 valence electrons. The average molecular weight is 382 g/mol. The number of fused-ring (bicyclic) bond motifs is 1. The second-order valence-corrected chi connectivity index (χ2v) is 6.47. The summed E-state index contributed by atoms with van der Waals surface area (Å²) in [5.41, 5.74) is 2.34. The van der Waals surface area contributed by atoms with Crippen molar-refractivity contribution in [2.24, 2.45) is 9.98 Å². The number of rotatable bonds is 4. The third-order valence-corrected chi connectivity index (χ3v) is 4.52. The van der Waals surface area contributed by atoms with Gasteiger partial charge in [-0.1, -0.05) is 42.5 Å². The number of hydrogen-bond donors (Lipinski definition) is 3. The van der Waals surface area contributed by atoms with E-state index < -0.39 is 0 Å². The van der Waals surface area contributed by atoms with Crippen molar-refractivity contribution in [3.05, 3.63) is 90.0 Å². The fraction of sp³-hybridized carbons (Fsp3) is 0. The van der Waals surface area contributed by atoms with Crippen LogP contribution < -0.4 is 0 Å². The molecule has 3 N–H and O–H groups in total. The first-order valence-corrected chi connectivity index (χ1v) is 9.02. The van der Waals surface area contributed by atoms with Crippen molar-refractivity contribution in [3.63, 3.8) is 0 Å². The number of aliphatic imine (C=N–C) groups is 2. The lowest BCUT2D eigenvalue weighted by molar-refractivity contribution is 0.450. The standard InChI is InChI=1S/C24H18N2O3/c27-18-11-9-17(24(29)13-18)14-25-21-7-3-4-8-22(21)26-15-20-19-6-2-1-5-16(19)10-12-23(20)28/h1-15,27-29H. The molecule has 0 spiro atoms. The molecule has 0 unspecified atom stereocenters. The molecule has 5 nitrogen and oxygen atoms in total. The van der Waals surface area contributed by atoms with Crippen LogP contribution >= 0.6 is 0 Å². The van der Waals surface area contributed by atoms with E-state index in [1.807, 2.05) is 54.6 Å². The van der Waals surface area contributed by atoms with Crippen molar-refractivity contribution in [2.75, 3.05) is 0 Å². The molecule has 5 heteroatoms. The van der Waals surface area contributed by atoms with Crippen molar-refractivity contribution in [3.8, 4) is 17.2 Å². The molecule has 0 aliphatic heterocycles. The first kappa shape index (κ1) is 18.3. The van der Waals surface area contributed by atoms with Gasteiger partial charge in [0.15, 0.2) is 0 Å².